The van der Waals surface area contributed by atoms with Crippen LogP contribution in [0.15, 0.2) is 45.3 Å². The van der Waals surface area contributed by atoms with E-state index in [1.807, 2.05) is 12.1 Å². The molecule has 2 rings (SSSR count). The summed E-state index contributed by atoms with van der Waals surface area (Å²) < 4.78 is 1.61. The van der Waals surface area contributed by atoms with Gasteiger partial charge in [0.25, 0.3) is 5.69 Å². The number of nitrogens with one attached hydrogen (secondary N) is 1. The van der Waals surface area contributed by atoms with Crippen LogP contribution in [-0.4, -0.2) is 16.0 Å². The Kier molecular flexibility index (Phi) is 4.59. The van der Waals surface area contributed by atoms with Gasteiger partial charge in [-0.1, -0.05) is 15.9 Å². The number of carboxylic acid groups (broad SMARTS) is 1. The largest absolute Gasteiger partial charge is 0.477 e. The number of nitro groups is 1. The van der Waals surface area contributed by atoms with Gasteiger partial charge in [0.1, 0.15) is 5.56 Å². The number of aromatic carboxylic acids is 1. The number of rotatable bonds is 4. The van der Waals surface area contributed by atoms with E-state index in [0.717, 1.165) is 8.95 Å². The lowest BCUT2D eigenvalue weighted by Gasteiger charge is -2.09. The molecule has 8 heteroatoms. The van der Waals surface area contributed by atoms with Gasteiger partial charge in [-0.25, -0.2) is 4.79 Å². The maximum atomic E-state index is 11.0. The van der Waals surface area contributed by atoms with Gasteiger partial charge in [0.2, 0.25) is 0 Å². The van der Waals surface area contributed by atoms with Crippen molar-refractivity contribution in [3.05, 3.63) is 61.0 Å². The van der Waals surface area contributed by atoms with E-state index in [4.69, 9.17) is 5.11 Å². The van der Waals surface area contributed by atoms with Crippen LogP contribution in [-0.2, 0) is 0 Å². The lowest BCUT2D eigenvalue weighted by atomic mass is 10.1. The first-order chi connectivity index (χ1) is 9.88. The molecule has 2 aromatic carbocycles. The average Bonchev–Trinajstić information content (AvgIpc) is 2.42. The van der Waals surface area contributed by atoms with Crippen LogP contribution in [0.1, 0.15) is 10.4 Å². The highest BCUT2D eigenvalue weighted by molar-refractivity contribution is 9.11. The molecule has 108 valence electrons. The molecule has 0 amide bonds. The predicted octanol–water partition coefficient (Wildman–Crippen LogP) is 4.56. The normalized spacial score (nSPS) is 10.2. The number of nitro benzene ring substituents is 1. The molecule has 0 radical (unpaired) electrons. The minimum atomic E-state index is -1.34. The molecule has 6 nitrogen and oxygen atoms in total. The van der Waals surface area contributed by atoms with Crippen molar-refractivity contribution >= 4 is 54.9 Å². The molecule has 0 aliphatic rings. The van der Waals surface area contributed by atoms with Gasteiger partial charge >= 0.3 is 5.97 Å². The van der Waals surface area contributed by atoms with Gasteiger partial charge in [-0.05, 0) is 46.3 Å². The van der Waals surface area contributed by atoms with Crippen molar-refractivity contribution in [3.8, 4) is 0 Å². The molecule has 0 aliphatic carbocycles. The number of carboxylic acids is 1. The lowest BCUT2D eigenvalue weighted by molar-refractivity contribution is -0.385. The van der Waals surface area contributed by atoms with Gasteiger partial charge in [-0.3, -0.25) is 10.1 Å². The summed E-state index contributed by atoms with van der Waals surface area (Å²) in [7, 11) is 0. The molecule has 2 N–H and O–H groups in total. The Labute approximate surface area is 136 Å². The predicted molar refractivity (Wildman–Crippen MR) is 85.2 cm³/mol. The van der Waals surface area contributed by atoms with Crippen LogP contribution in [0.5, 0.6) is 0 Å². The second-order valence-corrected chi connectivity index (χ2v) is 5.81. The quantitative estimate of drug-likeness (QED) is 0.563. The summed E-state index contributed by atoms with van der Waals surface area (Å²) in [5.74, 6) is -1.34. The highest BCUT2D eigenvalue weighted by Crippen LogP contribution is 2.31. The number of carbonyl (C=O) groups is 1. The van der Waals surface area contributed by atoms with Crippen molar-refractivity contribution in [1.82, 2.24) is 0 Å². The minimum absolute atomic E-state index is 0.348. The van der Waals surface area contributed by atoms with Crippen LogP contribution in [0.2, 0.25) is 0 Å². The van der Waals surface area contributed by atoms with E-state index in [0.29, 0.717) is 11.4 Å². The molecule has 0 aromatic heterocycles. The van der Waals surface area contributed by atoms with Crippen LogP contribution in [0.3, 0.4) is 0 Å². The number of hydrogen-bond donors (Lipinski definition) is 2. The molecule has 0 heterocycles. The Morgan fingerprint density at radius 2 is 1.90 bits per heavy atom. The standard InChI is InChI=1S/C13H8Br2N2O4/c14-7-1-4-10(15)11(5-7)16-8-2-3-9(13(18)19)12(6-8)17(20)21/h1-6,16H,(H,18,19). The molecule has 0 spiro atoms. The molecule has 2 aromatic rings. The van der Waals surface area contributed by atoms with Gasteiger partial charge in [-0.15, -0.1) is 0 Å². The molecule has 0 saturated carbocycles. The van der Waals surface area contributed by atoms with Crippen LogP contribution >= 0.6 is 31.9 Å². The van der Waals surface area contributed by atoms with Gasteiger partial charge in [0, 0.05) is 20.7 Å². The Morgan fingerprint density at radius 3 is 2.52 bits per heavy atom. The molecule has 0 bridgehead atoms. The van der Waals surface area contributed by atoms with Gasteiger partial charge in [0.15, 0.2) is 0 Å². The number of anilines is 2. The monoisotopic (exact) mass is 414 g/mol. The number of halogens is 2. The first-order valence-electron chi connectivity index (χ1n) is 5.62. The smallest absolute Gasteiger partial charge is 0.342 e. The average molecular weight is 416 g/mol. The second kappa shape index (κ2) is 6.23. The van der Waals surface area contributed by atoms with Crippen molar-refractivity contribution < 1.29 is 14.8 Å². The fraction of sp³-hybridized carbons (Fsp3) is 0. The molecule has 0 unspecified atom stereocenters. The molecule has 0 fully saturated rings. The first kappa shape index (κ1) is 15.5. The van der Waals surface area contributed by atoms with Gasteiger partial charge in [-0.2, -0.15) is 0 Å². The zero-order chi connectivity index (χ0) is 15.6. The molecule has 0 atom stereocenters. The van der Waals surface area contributed by atoms with Gasteiger partial charge in [0.05, 0.1) is 10.6 Å². The zero-order valence-electron chi connectivity index (χ0n) is 10.3. The summed E-state index contributed by atoms with van der Waals surface area (Å²) in [5, 5.41) is 22.9. The Balaban J connectivity index is 2.41. The van der Waals surface area contributed by atoms with Crippen LogP contribution in [0.4, 0.5) is 17.1 Å². The molecular formula is C13H8Br2N2O4. The molecule has 21 heavy (non-hydrogen) atoms. The van der Waals surface area contributed by atoms with Gasteiger partial charge < -0.3 is 10.4 Å². The SMILES string of the molecule is O=C(O)c1ccc(Nc2cc(Br)ccc2Br)cc1[N+](=O)[O-]. The number of benzene rings is 2. The lowest BCUT2D eigenvalue weighted by Crippen LogP contribution is -2.03. The van der Waals surface area contributed by atoms with E-state index >= 15 is 0 Å². The Morgan fingerprint density at radius 1 is 1.19 bits per heavy atom. The Hall–Kier alpha value is -1.93. The summed E-state index contributed by atoms with van der Waals surface area (Å²) in [4.78, 5) is 21.2. The van der Waals surface area contributed by atoms with E-state index in [9.17, 15) is 14.9 Å². The third kappa shape index (κ3) is 3.59. The third-order valence-corrected chi connectivity index (χ3v) is 3.82. The second-order valence-electron chi connectivity index (χ2n) is 4.04. The molecule has 0 aliphatic heterocycles. The number of hydrogen-bond acceptors (Lipinski definition) is 4. The van der Waals surface area contributed by atoms with Crippen LogP contribution < -0.4 is 5.32 Å². The molecular weight excluding hydrogens is 408 g/mol. The first-order valence-corrected chi connectivity index (χ1v) is 7.21. The maximum absolute atomic E-state index is 11.0. The summed E-state index contributed by atoms with van der Waals surface area (Å²) >= 11 is 6.69. The summed E-state index contributed by atoms with van der Waals surface area (Å²) in [6.07, 6.45) is 0. The van der Waals surface area contributed by atoms with E-state index in [1.165, 1.54) is 18.2 Å². The van der Waals surface area contributed by atoms with Crippen LogP contribution in [0.25, 0.3) is 0 Å². The summed E-state index contributed by atoms with van der Waals surface area (Å²) in [6.45, 7) is 0. The van der Waals surface area contributed by atoms with E-state index in [1.54, 1.807) is 6.07 Å². The van der Waals surface area contributed by atoms with Crippen molar-refractivity contribution in [3.63, 3.8) is 0 Å². The summed E-state index contributed by atoms with van der Waals surface area (Å²) in [5.41, 5.74) is 0.310. The van der Waals surface area contributed by atoms with Crippen molar-refractivity contribution in [2.45, 2.75) is 0 Å². The molecule has 0 saturated heterocycles. The number of nitrogens with zero attached hydrogens (tertiary/aromatic N) is 1. The summed E-state index contributed by atoms with van der Waals surface area (Å²) in [6, 6.07) is 9.31. The fourth-order valence-corrected chi connectivity index (χ4v) is 2.40. The maximum Gasteiger partial charge on any atom is 0.342 e. The highest BCUT2D eigenvalue weighted by Gasteiger charge is 2.20. The van der Waals surface area contributed by atoms with Crippen molar-refractivity contribution in [2.24, 2.45) is 0 Å². The topological polar surface area (TPSA) is 92.5 Å². The van der Waals surface area contributed by atoms with E-state index in [2.05, 4.69) is 37.2 Å². The van der Waals surface area contributed by atoms with E-state index in [-0.39, 0.29) is 5.56 Å². The Bertz CT molecular complexity index is 734. The van der Waals surface area contributed by atoms with E-state index < -0.39 is 16.6 Å². The third-order valence-electron chi connectivity index (χ3n) is 2.63. The zero-order valence-corrected chi connectivity index (χ0v) is 13.5. The van der Waals surface area contributed by atoms with Crippen molar-refractivity contribution in [2.75, 3.05) is 5.32 Å². The van der Waals surface area contributed by atoms with Crippen molar-refractivity contribution in [1.29, 1.82) is 0 Å². The van der Waals surface area contributed by atoms with Crippen LogP contribution in [0, 0.1) is 10.1 Å². The highest BCUT2D eigenvalue weighted by atomic mass is 79.9. The minimum Gasteiger partial charge on any atom is -0.477 e. The fourth-order valence-electron chi connectivity index (χ4n) is 1.69.